The summed E-state index contributed by atoms with van der Waals surface area (Å²) in [7, 11) is 3.55. The number of alkyl carbamates (subject to hydrolysis) is 1. The second-order valence-corrected chi connectivity index (χ2v) is 13.8. The molecule has 44 heavy (non-hydrogen) atoms. The summed E-state index contributed by atoms with van der Waals surface area (Å²) in [6, 6.07) is 22.1. The van der Waals surface area contributed by atoms with Crippen LogP contribution >= 0.6 is 58.0 Å². The van der Waals surface area contributed by atoms with Crippen molar-refractivity contribution in [1.82, 2.24) is 19.4 Å². The maximum atomic E-state index is 13.4. The average molecular weight is 693 g/mol. The molecule has 228 valence electrons. The minimum atomic E-state index is -1.81. The number of alkyl halides is 3. The highest BCUT2D eigenvalue weighted by Gasteiger charge is 2.42. The van der Waals surface area contributed by atoms with Crippen molar-refractivity contribution in [1.29, 1.82) is 0 Å². The number of carbonyl (C=O) groups is 1. The van der Waals surface area contributed by atoms with E-state index in [1.165, 1.54) is 0 Å². The van der Waals surface area contributed by atoms with Gasteiger partial charge in [-0.05, 0) is 71.5 Å². The maximum absolute atomic E-state index is 13.4. The molecule has 0 aliphatic heterocycles. The number of amides is 1. The first-order valence-electron chi connectivity index (χ1n) is 13.5. The lowest BCUT2D eigenvalue weighted by molar-refractivity contribution is 0.140. The Morgan fingerprint density at radius 2 is 1.64 bits per heavy atom. The number of nitrogens with one attached hydrogen (secondary N) is 1. The topological polar surface area (TPSA) is 78.2 Å². The number of imidazole rings is 1. The van der Waals surface area contributed by atoms with Gasteiger partial charge in [0.05, 0.1) is 23.7 Å². The molecule has 1 unspecified atom stereocenters. The van der Waals surface area contributed by atoms with Crippen LogP contribution in [0, 0.1) is 0 Å². The summed E-state index contributed by atoms with van der Waals surface area (Å²) in [5.74, 6) is 0. The van der Waals surface area contributed by atoms with Crippen molar-refractivity contribution in [3.05, 3.63) is 134 Å². The number of benzene rings is 3. The molecule has 5 rings (SSSR count). The molecule has 5 aromatic rings. The average Bonchev–Trinajstić information content (AvgIpc) is 3.42. The van der Waals surface area contributed by atoms with E-state index in [2.05, 4.69) is 10.3 Å². The van der Waals surface area contributed by atoms with Crippen LogP contribution in [-0.2, 0) is 37.2 Å². The normalized spacial score (nSPS) is 13.1. The fraction of sp³-hybridized carbons (Fsp3) is 0.219. The molecule has 1 atom stereocenters. The summed E-state index contributed by atoms with van der Waals surface area (Å²) in [6.45, 7) is -0.473. The molecular weight excluding hydrogens is 666 g/mol. The second-order valence-electron chi connectivity index (χ2n) is 10.4. The van der Waals surface area contributed by atoms with Crippen molar-refractivity contribution in [2.45, 2.75) is 22.2 Å². The van der Waals surface area contributed by atoms with Gasteiger partial charge in [0.2, 0.25) is 3.79 Å². The van der Waals surface area contributed by atoms with Gasteiger partial charge in [-0.15, -0.1) is 0 Å². The van der Waals surface area contributed by atoms with Gasteiger partial charge < -0.3 is 19.2 Å². The molecule has 2 aromatic heterocycles. The number of hydrogen-bond donors (Lipinski definition) is 1. The molecule has 12 heteroatoms. The van der Waals surface area contributed by atoms with Crippen LogP contribution in [0.5, 0.6) is 0 Å². The molecule has 3 aromatic carbocycles. The van der Waals surface area contributed by atoms with E-state index in [9.17, 15) is 9.59 Å². The molecular formula is C32H27Cl5N4O3. The van der Waals surface area contributed by atoms with Gasteiger partial charge in [-0.2, -0.15) is 0 Å². The van der Waals surface area contributed by atoms with Crippen LogP contribution in [0.1, 0.15) is 27.9 Å². The SMILES string of the molecule is Cn1cncc1C(NC(=O)OCC(Cl)(Cl)Cl)(c1ccc(Cl)cc1)c1ccc2c(c1)c(CCc1cccc(Cl)c1)cc(=O)n2C. The number of halogens is 5. The third-order valence-corrected chi connectivity index (χ3v) is 8.29. The largest absolute Gasteiger partial charge is 0.445 e. The molecule has 0 aliphatic carbocycles. The number of carbonyl (C=O) groups excluding carboxylic acids is 1. The third-order valence-electron chi connectivity index (χ3n) is 7.47. The standard InChI is InChI=1S/C32H27Cl5N4O3/c1-40-19-38-17-28(40)32(22-8-11-24(33)12-9-22,39-30(43)44-18-31(35,36)37)23-10-13-27-26(16-23)21(15-29(42)41(27)2)7-6-20-4-3-5-25(34)14-20/h3-5,8-17,19H,6-7,18H2,1-2H3,(H,39,43). The Hall–Kier alpha value is -3.20. The number of ether oxygens (including phenoxy) is 1. The summed E-state index contributed by atoms with van der Waals surface area (Å²) in [5.41, 5.74) is 3.12. The van der Waals surface area contributed by atoms with Gasteiger partial charge in [0, 0.05) is 35.6 Å². The van der Waals surface area contributed by atoms with Crippen LogP contribution in [-0.4, -0.2) is 30.6 Å². The van der Waals surface area contributed by atoms with Crippen molar-refractivity contribution in [3.8, 4) is 0 Å². The number of aryl methyl sites for hydroxylation is 4. The van der Waals surface area contributed by atoms with E-state index in [4.69, 9.17) is 62.7 Å². The fourth-order valence-electron chi connectivity index (χ4n) is 5.37. The summed E-state index contributed by atoms with van der Waals surface area (Å²) in [5, 5.41) is 5.05. The summed E-state index contributed by atoms with van der Waals surface area (Å²) in [4.78, 5) is 30.8. The van der Waals surface area contributed by atoms with Gasteiger partial charge in [0.1, 0.15) is 12.1 Å². The van der Waals surface area contributed by atoms with Crippen molar-refractivity contribution in [3.63, 3.8) is 0 Å². The summed E-state index contributed by atoms with van der Waals surface area (Å²) < 4.78 is 6.94. The Morgan fingerprint density at radius 1 is 0.909 bits per heavy atom. The molecule has 0 aliphatic rings. The van der Waals surface area contributed by atoms with Crippen molar-refractivity contribution in [2.75, 3.05) is 6.61 Å². The van der Waals surface area contributed by atoms with Gasteiger partial charge in [0.15, 0.2) is 0 Å². The van der Waals surface area contributed by atoms with Gasteiger partial charge >= 0.3 is 6.09 Å². The predicted molar refractivity (Wildman–Crippen MR) is 177 cm³/mol. The van der Waals surface area contributed by atoms with E-state index in [1.54, 1.807) is 46.9 Å². The monoisotopic (exact) mass is 690 g/mol. The quantitative estimate of drug-likeness (QED) is 0.169. The van der Waals surface area contributed by atoms with Crippen LogP contribution < -0.4 is 10.9 Å². The minimum absolute atomic E-state index is 0.129. The Balaban J connectivity index is 1.72. The zero-order valence-electron chi connectivity index (χ0n) is 23.7. The molecule has 0 saturated heterocycles. The van der Waals surface area contributed by atoms with Gasteiger partial charge in [-0.3, -0.25) is 4.79 Å². The fourth-order valence-corrected chi connectivity index (χ4v) is 5.87. The molecule has 0 bridgehead atoms. The molecule has 0 saturated carbocycles. The smallest absolute Gasteiger partial charge is 0.408 e. The third kappa shape index (κ3) is 6.87. The van der Waals surface area contributed by atoms with E-state index in [0.717, 1.165) is 22.0 Å². The van der Waals surface area contributed by atoms with Gasteiger partial charge in [0.25, 0.3) is 5.56 Å². The number of hydrogen-bond acceptors (Lipinski definition) is 4. The van der Waals surface area contributed by atoms with Crippen LogP contribution in [0.15, 0.2) is 90.1 Å². The highest BCUT2D eigenvalue weighted by atomic mass is 35.6. The lowest BCUT2D eigenvalue weighted by Gasteiger charge is -2.36. The van der Waals surface area contributed by atoms with Crippen molar-refractivity contribution < 1.29 is 9.53 Å². The van der Waals surface area contributed by atoms with Crippen LogP contribution in [0.3, 0.4) is 0 Å². The van der Waals surface area contributed by atoms with Gasteiger partial charge in [-0.25, -0.2) is 9.78 Å². The molecule has 2 heterocycles. The van der Waals surface area contributed by atoms with Crippen LogP contribution in [0.25, 0.3) is 10.9 Å². The van der Waals surface area contributed by atoms with Crippen LogP contribution in [0.4, 0.5) is 4.79 Å². The zero-order valence-corrected chi connectivity index (χ0v) is 27.4. The molecule has 0 radical (unpaired) electrons. The number of pyridine rings is 1. The number of nitrogens with zero attached hydrogens (tertiary/aromatic N) is 3. The Kier molecular flexibility index (Phi) is 9.54. The van der Waals surface area contributed by atoms with E-state index >= 15 is 0 Å². The van der Waals surface area contributed by atoms with E-state index in [-0.39, 0.29) is 5.56 Å². The second kappa shape index (κ2) is 13.0. The zero-order chi connectivity index (χ0) is 31.6. The molecule has 0 spiro atoms. The first-order valence-corrected chi connectivity index (χ1v) is 15.4. The van der Waals surface area contributed by atoms with E-state index < -0.39 is 22.0 Å². The Bertz CT molecular complexity index is 1880. The molecule has 0 fully saturated rings. The number of rotatable bonds is 8. The van der Waals surface area contributed by atoms with Crippen molar-refractivity contribution >= 4 is 75.0 Å². The van der Waals surface area contributed by atoms with Crippen molar-refractivity contribution in [2.24, 2.45) is 14.1 Å². The Labute approximate surface area is 279 Å². The molecule has 7 nitrogen and oxygen atoms in total. The van der Waals surface area contributed by atoms with Crippen LogP contribution in [0.2, 0.25) is 10.0 Å². The van der Waals surface area contributed by atoms with E-state index in [1.807, 2.05) is 61.6 Å². The highest BCUT2D eigenvalue weighted by Crippen LogP contribution is 2.39. The van der Waals surface area contributed by atoms with E-state index in [0.29, 0.717) is 39.7 Å². The number of fused-ring (bicyclic) bond motifs is 1. The molecule has 1 N–H and O–H groups in total. The Morgan fingerprint density at radius 3 is 2.30 bits per heavy atom. The minimum Gasteiger partial charge on any atom is -0.445 e. The highest BCUT2D eigenvalue weighted by molar-refractivity contribution is 6.67. The lowest BCUT2D eigenvalue weighted by atomic mass is 9.79. The first kappa shape index (κ1) is 32.2. The predicted octanol–water partition coefficient (Wildman–Crippen LogP) is 7.75. The summed E-state index contributed by atoms with van der Waals surface area (Å²) in [6.07, 6.45) is 3.71. The first-order chi connectivity index (χ1) is 20.9. The number of aromatic nitrogens is 3. The molecule has 1 amide bonds. The summed E-state index contributed by atoms with van der Waals surface area (Å²) >= 11 is 30.1. The lowest BCUT2D eigenvalue weighted by Crippen LogP contribution is -2.49. The van der Waals surface area contributed by atoms with Gasteiger partial charge in [-0.1, -0.05) is 88.3 Å². The maximum Gasteiger partial charge on any atom is 0.408 e.